The fraction of sp³-hybridized carbons (Fsp3) is 0.214. The van der Waals surface area contributed by atoms with Gasteiger partial charge in [0.25, 0.3) is 5.91 Å². The number of amides is 1. The largest absolute Gasteiger partial charge is 0.462 e. The van der Waals surface area contributed by atoms with Gasteiger partial charge in [-0.15, -0.1) is 11.3 Å². The van der Waals surface area contributed by atoms with Crippen molar-refractivity contribution >= 4 is 28.2 Å². The molecule has 0 fully saturated rings. The van der Waals surface area contributed by atoms with Crippen molar-refractivity contribution in [2.75, 3.05) is 11.9 Å². The number of aryl methyl sites for hydroxylation is 1. The van der Waals surface area contributed by atoms with E-state index in [4.69, 9.17) is 4.74 Å². The standard InChI is InChI=1S/C14H13FN2O3S/c1-3-20-14(19)12-8(2)4-11(21-12)17-13(18)9-5-10(15)7-16-6-9/h4-7H,3H2,1-2H3,(H,17,18). The number of halogens is 1. The number of aromatic nitrogens is 1. The van der Waals surface area contributed by atoms with E-state index in [1.165, 1.54) is 6.20 Å². The zero-order chi connectivity index (χ0) is 15.4. The number of carbonyl (C=O) groups is 2. The summed E-state index contributed by atoms with van der Waals surface area (Å²) >= 11 is 1.11. The molecule has 0 atom stereocenters. The fourth-order valence-corrected chi connectivity index (χ4v) is 2.62. The van der Waals surface area contributed by atoms with Gasteiger partial charge in [0.15, 0.2) is 0 Å². The van der Waals surface area contributed by atoms with Gasteiger partial charge in [0, 0.05) is 6.20 Å². The number of esters is 1. The molecule has 0 spiro atoms. The van der Waals surface area contributed by atoms with Gasteiger partial charge >= 0.3 is 5.97 Å². The maximum absolute atomic E-state index is 13.0. The number of thiophene rings is 1. The number of rotatable bonds is 4. The van der Waals surface area contributed by atoms with Gasteiger partial charge in [0.2, 0.25) is 0 Å². The number of ether oxygens (including phenoxy) is 1. The molecule has 21 heavy (non-hydrogen) atoms. The summed E-state index contributed by atoms with van der Waals surface area (Å²) < 4.78 is 18.0. The van der Waals surface area contributed by atoms with Gasteiger partial charge in [-0.25, -0.2) is 9.18 Å². The number of hydrogen-bond acceptors (Lipinski definition) is 5. The Kier molecular flexibility index (Phi) is 4.64. The number of nitrogens with zero attached hydrogens (tertiary/aromatic N) is 1. The summed E-state index contributed by atoms with van der Waals surface area (Å²) in [5, 5.41) is 3.10. The maximum Gasteiger partial charge on any atom is 0.348 e. The second kappa shape index (κ2) is 6.45. The van der Waals surface area contributed by atoms with Crippen molar-refractivity contribution in [3.63, 3.8) is 0 Å². The summed E-state index contributed by atoms with van der Waals surface area (Å²) in [6, 6.07) is 2.76. The predicted octanol–water partition coefficient (Wildman–Crippen LogP) is 3.02. The molecule has 7 heteroatoms. The van der Waals surface area contributed by atoms with Crippen molar-refractivity contribution in [1.29, 1.82) is 0 Å². The summed E-state index contributed by atoms with van der Waals surface area (Å²) in [6.45, 7) is 3.76. The number of hydrogen-bond donors (Lipinski definition) is 1. The molecule has 0 saturated heterocycles. The molecule has 2 aromatic rings. The van der Waals surface area contributed by atoms with Crippen LogP contribution in [-0.4, -0.2) is 23.5 Å². The minimum Gasteiger partial charge on any atom is -0.462 e. The Bertz CT molecular complexity index is 685. The molecule has 0 aromatic carbocycles. The summed E-state index contributed by atoms with van der Waals surface area (Å²) in [5.74, 6) is -1.50. The van der Waals surface area contributed by atoms with Crippen molar-refractivity contribution in [1.82, 2.24) is 4.98 Å². The lowest BCUT2D eigenvalue weighted by molar-refractivity contribution is 0.0531. The van der Waals surface area contributed by atoms with E-state index in [9.17, 15) is 14.0 Å². The predicted molar refractivity (Wildman–Crippen MR) is 77.2 cm³/mol. The molecule has 0 radical (unpaired) electrons. The zero-order valence-corrected chi connectivity index (χ0v) is 12.3. The minimum atomic E-state index is -0.586. The summed E-state index contributed by atoms with van der Waals surface area (Å²) in [5.41, 5.74) is 0.824. The zero-order valence-electron chi connectivity index (χ0n) is 11.5. The second-order valence-corrected chi connectivity index (χ2v) is 5.24. The van der Waals surface area contributed by atoms with Crippen molar-refractivity contribution in [3.05, 3.63) is 46.3 Å². The molecule has 1 N–H and O–H groups in total. The Morgan fingerprint density at radius 3 is 2.81 bits per heavy atom. The molecule has 2 heterocycles. The Balaban J connectivity index is 2.15. The summed E-state index contributed by atoms with van der Waals surface area (Å²) in [6.07, 6.45) is 2.29. The monoisotopic (exact) mass is 308 g/mol. The van der Waals surface area contributed by atoms with Crippen LogP contribution in [0.25, 0.3) is 0 Å². The number of carbonyl (C=O) groups excluding carboxylic acids is 2. The van der Waals surface area contributed by atoms with Crippen LogP contribution in [-0.2, 0) is 4.74 Å². The average molecular weight is 308 g/mol. The number of nitrogens with one attached hydrogen (secondary N) is 1. The third-order valence-electron chi connectivity index (χ3n) is 2.58. The summed E-state index contributed by atoms with van der Waals surface area (Å²) in [7, 11) is 0. The first-order valence-electron chi connectivity index (χ1n) is 6.20. The molecule has 0 saturated carbocycles. The van der Waals surface area contributed by atoms with E-state index in [1.807, 2.05) is 0 Å². The Morgan fingerprint density at radius 1 is 1.38 bits per heavy atom. The lowest BCUT2D eigenvalue weighted by Gasteiger charge is -2.02. The van der Waals surface area contributed by atoms with Crippen LogP contribution in [0.1, 0.15) is 32.5 Å². The van der Waals surface area contributed by atoms with Crippen molar-refractivity contribution in [3.8, 4) is 0 Å². The Hall–Kier alpha value is -2.28. The number of pyridine rings is 1. The van der Waals surface area contributed by atoms with E-state index < -0.39 is 17.7 Å². The average Bonchev–Trinajstić information content (AvgIpc) is 2.80. The SMILES string of the molecule is CCOC(=O)c1sc(NC(=O)c2cncc(F)c2)cc1C. The van der Waals surface area contributed by atoms with Crippen LogP contribution in [0.5, 0.6) is 0 Å². The van der Waals surface area contributed by atoms with E-state index in [-0.39, 0.29) is 12.2 Å². The lowest BCUT2D eigenvalue weighted by Crippen LogP contribution is -2.11. The molecule has 0 aliphatic rings. The third-order valence-corrected chi connectivity index (χ3v) is 3.71. The summed E-state index contributed by atoms with van der Waals surface area (Å²) in [4.78, 5) is 27.7. The second-order valence-electron chi connectivity index (χ2n) is 4.19. The van der Waals surface area contributed by atoms with Crippen molar-refractivity contribution in [2.45, 2.75) is 13.8 Å². The van der Waals surface area contributed by atoms with Crippen LogP contribution in [0.15, 0.2) is 24.5 Å². The highest BCUT2D eigenvalue weighted by Gasteiger charge is 2.16. The lowest BCUT2D eigenvalue weighted by atomic mass is 10.2. The van der Waals surface area contributed by atoms with E-state index >= 15 is 0 Å². The van der Waals surface area contributed by atoms with Gasteiger partial charge in [0.05, 0.1) is 23.4 Å². The van der Waals surface area contributed by atoms with Gasteiger partial charge in [-0.2, -0.15) is 0 Å². The van der Waals surface area contributed by atoms with E-state index in [0.29, 0.717) is 15.4 Å². The van der Waals surface area contributed by atoms with E-state index in [2.05, 4.69) is 10.3 Å². The molecule has 0 aliphatic carbocycles. The maximum atomic E-state index is 13.0. The highest BCUT2D eigenvalue weighted by Crippen LogP contribution is 2.27. The molecule has 0 aliphatic heterocycles. The van der Waals surface area contributed by atoms with Gasteiger partial charge in [-0.3, -0.25) is 9.78 Å². The quantitative estimate of drug-likeness (QED) is 0.882. The molecule has 2 aromatic heterocycles. The van der Waals surface area contributed by atoms with Gasteiger partial charge in [0.1, 0.15) is 10.7 Å². The van der Waals surface area contributed by atoms with Crippen LogP contribution >= 0.6 is 11.3 Å². The first-order valence-corrected chi connectivity index (χ1v) is 7.02. The van der Waals surface area contributed by atoms with Crippen LogP contribution in [0.4, 0.5) is 9.39 Å². The molecule has 0 unspecified atom stereocenters. The molecule has 0 bridgehead atoms. The smallest absolute Gasteiger partial charge is 0.348 e. The molecule has 110 valence electrons. The Morgan fingerprint density at radius 2 is 2.14 bits per heavy atom. The molecule has 2 rings (SSSR count). The van der Waals surface area contributed by atoms with E-state index in [1.54, 1.807) is 19.9 Å². The highest BCUT2D eigenvalue weighted by atomic mass is 32.1. The fourth-order valence-electron chi connectivity index (χ4n) is 1.66. The van der Waals surface area contributed by atoms with Gasteiger partial charge in [-0.05, 0) is 31.5 Å². The molecule has 1 amide bonds. The van der Waals surface area contributed by atoms with Crippen LogP contribution in [0.3, 0.4) is 0 Å². The van der Waals surface area contributed by atoms with Crippen LogP contribution < -0.4 is 5.32 Å². The van der Waals surface area contributed by atoms with Crippen molar-refractivity contribution < 1.29 is 18.7 Å². The van der Waals surface area contributed by atoms with E-state index in [0.717, 1.165) is 23.6 Å². The third kappa shape index (κ3) is 3.63. The first-order chi connectivity index (χ1) is 10.0. The topological polar surface area (TPSA) is 68.3 Å². The highest BCUT2D eigenvalue weighted by molar-refractivity contribution is 7.18. The van der Waals surface area contributed by atoms with Gasteiger partial charge < -0.3 is 10.1 Å². The number of anilines is 1. The Labute approximate surface area is 124 Å². The van der Waals surface area contributed by atoms with Crippen LogP contribution in [0.2, 0.25) is 0 Å². The molecule has 5 nitrogen and oxygen atoms in total. The van der Waals surface area contributed by atoms with Gasteiger partial charge in [-0.1, -0.05) is 0 Å². The first kappa shape index (κ1) is 15.1. The normalized spacial score (nSPS) is 10.2. The van der Waals surface area contributed by atoms with Crippen LogP contribution in [0, 0.1) is 12.7 Å². The molecular weight excluding hydrogens is 295 g/mol. The molecular formula is C14H13FN2O3S. The minimum absolute atomic E-state index is 0.110. The van der Waals surface area contributed by atoms with Crippen molar-refractivity contribution in [2.24, 2.45) is 0 Å².